The van der Waals surface area contributed by atoms with Crippen LogP contribution in [0.3, 0.4) is 0 Å². The summed E-state index contributed by atoms with van der Waals surface area (Å²) in [5, 5.41) is 2.06. The van der Waals surface area contributed by atoms with E-state index in [1.54, 1.807) is 6.92 Å². The first kappa shape index (κ1) is 10.1. The van der Waals surface area contributed by atoms with Gasteiger partial charge in [-0.25, -0.2) is 0 Å². The Morgan fingerprint density at radius 2 is 1.93 bits per heavy atom. The van der Waals surface area contributed by atoms with Crippen LogP contribution in [0.2, 0.25) is 0 Å². The van der Waals surface area contributed by atoms with E-state index in [0.717, 1.165) is 11.3 Å². The van der Waals surface area contributed by atoms with Gasteiger partial charge in [0, 0.05) is 0 Å². The van der Waals surface area contributed by atoms with Gasteiger partial charge in [-0.1, -0.05) is 30.3 Å². The highest BCUT2D eigenvalue weighted by molar-refractivity contribution is 7.12. The van der Waals surface area contributed by atoms with Crippen molar-refractivity contribution in [3.8, 4) is 0 Å². The fourth-order valence-corrected chi connectivity index (χ4v) is 2.30. The summed E-state index contributed by atoms with van der Waals surface area (Å²) in [6.07, 6.45) is 0.907. The molecule has 1 aromatic carbocycles. The molecule has 76 valence electrons. The first-order chi connectivity index (χ1) is 7.25. The van der Waals surface area contributed by atoms with Crippen LogP contribution < -0.4 is 0 Å². The Labute approximate surface area is 93.4 Å². The number of rotatable bonds is 3. The van der Waals surface area contributed by atoms with Crippen molar-refractivity contribution in [3.63, 3.8) is 0 Å². The second kappa shape index (κ2) is 4.41. The Morgan fingerprint density at radius 1 is 1.20 bits per heavy atom. The summed E-state index contributed by atoms with van der Waals surface area (Å²) in [6, 6.07) is 12.3. The van der Waals surface area contributed by atoms with Gasteiger partial charge in [0.15, 0.2) is 5.78 Å². The Hall–Kier alpha value is -1.41. The molecule has 0 bridgehead atoms. The zero-order valence-electron chi connectivity index (χ0n) is 8.57. The van der Waals surface area contributed by atoms with Crippen LogP contribution >= 0.6 is 11.3 Å². The third-order valence-corrected chi connectivity index (χ3v) is 3.33. The van der Waals surface area contributed by atoms with Gasteiger partial charge < -0.3 is 0 Å². The summed E-state index contributed by atoms with van der Waals surface area (Å²) in [4.78, 5) is 12.0. The van der Waals surface area contributed by atoms with E-state index in [9.17, 15) is 4.79 Å². The van der Waals surface area contributed by atoms with Crippen molar-refractivity contribution in [2.24, 2.45) is 0 Å². The van der Waals surface area contributed by atoms with Crippen molar-refractivity contribution >= 4 is 17.1 Å². The highest BCUT2D eigenvalue weighted by atomic mass is 32.1. The quantitative estimate of drug-likeness (QED) is 0.717. The Morgan fingerprint density at radius 3 is 2.53 bits per heavy atom. The molecule has 0 aliphatic rings. The molecule has 0 amide bonds. The highest BCUT2D eigenvalue weighted by Crippen LogP contribution is 2.18. The predicted octanol–water partition coefficient (Wildman–Crippen LogP) is 3.54. The molecule has 1 aromatic heterocycles. The van der Waals surface area contributed by atoms with E-state index in [4.69, 9.17) is 0 Å². The van der Waals surface area contributed by atoms with Gasteiger partial charge in [-0.15, -0.1) is 11.3 Å². The highest BCUT2D eigenvalue weighted by Gasteiger charge is 2.04. The molecule has 2 heteroatoms. The number of carbonyl (C=O) groups excluding carboxylic acids is 1. The second-order valence-electron chi connectivity index (χ2n) is 3.54. The molecule has 0 N–H and O–H groups in total. The van der Waals surface area contributed by atoms with E-state index < -0.39 is 0 Å². The summed E-state index contributed by atoms with van der Waals surface area (Å²) < 4.78 is 0. The molecule has 0 saturated carbocycles. The number of thiophene rings is 1. The molecule has 15 heavy (non-hydrogen) atoms. The van der Waals surface area contributed by atoms with E-state index in [2.05, 4.69) is 17.5 Å². The van der Waals surface area contributed by atoms with Crippen LogP contribution in [-0.4, -0.2) is 5.78 Å². The van der Waals surface area contributed by atoms with Crippen molar-refractivity contribution in [1.82, 2.24) is 0 Å². The summed E-state index contributed by atoms with van der Waals surface area (Å²) in [7, 11) is 0. The monoisotopic (exact) mass is 216 g/mol. The maximum atomic E-state index is 11.1. The van der Waals surface area contributed by atoms with Crippen LogP contribution in [0.25, 0.3) is 0 Å². The molecular formula is C13H12OS. The molecule has 0 fully saturated rings. The third-order valence-electron chi connectivity index (χ3n) is 2.25. The van der Waals surface area contributed by atoms with Crippen molar-refractivity contribution < 1.29 is 4.79 Å². The maximum Gasteiger partial charge on any atom is 0.169 e. The molecule has 0 aliphatic heterocycles. The first-order valence-electron chi connectivity index (χ1n) is 4.88. The molecule has 0 aliphatic carbocycles. The van der Waals surface area contributed by atoms with Gasteiger partial charge in [0.1, 0.15) is 0 Å². The predicted molar refractivity (Wildman–Crippen MR) is 63.6 cm³/mol. The average molecular weight is 216 g/mol. The second-order valence-corrected chi connectivity index (χ2v) is 4.45. The van der Waals surface area contributed by atoms with E-state index in [0.29, 0.717) is 0 Å². The molecule has 0 radical (unpaired) electrons. The summed E-state index contributed by atoms with van der Waals surface area (Å²) in [5.41, 5.74) is 2.50. The van der Waals surface area contributed by atoms with E-state index in [1.807, 2.05) is 24.3 Å². The standard InChI is InChI=1S/C13H12OS/c1-10(14)13-8-12(9-15-13)7-11-5-3-2-4-6-11/h2-6,8-9H,7H2,1H3. The molecular weight excluding hydrogens is 204 g/mol. The molecule has 1 nitrogen and oxygen atoms in total. The minimum absolute atomic E-state index is 0.152. The van der Waals surface area contributed by atoms with Crippen LogP contribution in [0.5, 0.6) is 0 Å². The first-order valence-corrected chi connectivity index (χ1v) is 5.76. The Bertz CT molecular complexity index is 456. The zero-order chi connectivity index (χ0) is 10.7. The van der Waals surface area contributed by atoms with Gasteiger partial charge in [0.05, 0.1) is 4.88 Å². The van der Waals surface area contributed by atoms with E-state index >= 15 is 0 Å². The molecule has 0 spiro atoms. The number of carbonyl (C=O) groups is 1. The van der Waals surface area contributed by atoms with Crippen LogP contribution in [-0.2, 0) is 6.42 Å². The van der Waals surface area contributed by atoms with Gasteiger partial charge in [-0.2, -0.15) is 0 Å². The van der Waals surface area contributed by atoms with E-state index in [-0.39, 0.29) is 5.78 Å². The fraction of sp³-hybridized carbons (Fsp3) is 0.154. The molecule has 1 heterocycles. The molecule has 0 unspecified atom stereocenters. The SMILES string of the molecule is CC(=O)c1cc(Cc2ccccc2)cs1. The van der Waals surface area contributed by atoms with Crippen molar-refractivity contribution in [2.75, 3.05) is 0 Å². The normalized spacial score (nSPS) is 10.2. The van der Waals surface area contributed by atoms with Crippen LogP contribution in [0.15, 0.2) is 41.8 Å². The molecule has 2 aromatic rings. The van der Waals surface area contributed by atoms with Crippen molar-refractivity contribution in [2.45, 2.75) is 13.3 Å². The average Bonchev–Trinajstić information content (AvgIpc) is 2.68. The minimum atomic E-state index is 0.152. The molecule has 2 rings (SSSR count). The van der Waals surface area contributed by atoms with Gasteiger partial charge in [0.25, 0.3) is 0 Å². The number of benzene rings is 1. The molecule has 0 saturated heterocycles. The van der Waals surface area contributed by atoms with Gasteiger partial charge >= 0.3 is 0 Å². The van der Waals surface area contributed by atoms with Crippen LogP contribution in [0.1, 0.15) is 27.7 Å². The number of ketones is 1. The lowest BCUT2D eigenvalue weighted by Gasteiger charge is -1.96. The Kier molecular flexibility index (Phi) is 2.97. The van der Waals surface area contributed by atoms with Gasteiger partial charge in [-0.3, -0.25) is 4.79 Å². The topological polar surface area (TPSA) is 17.1 Å². The molecule has 0 atom stereocenters. The number of hydrogen-bond donors (Lipinski definition) is 0. The van der Waals surface area contributed by atoms with Crippen molar-refractivity contribution in [3.05, 3.63) is 57.8 Å². The third kappa shape index (κ3) is 2.54. The zero-order valence-corrected chi connectivity index (χ0v) is 9.38. The summed E-state index contributed by atoms with van der Waals surface area (Å²) in [6.45, 7) is 1.61. The van der Waals surface area contributed by atoms with Crippen LogP contribution in [0.4, 0.5) is 0 Å². The van der Waals surface area contributed by atoms with Gasteiger partial charge in [-0.05, 0) is 35.9 Å². The van der Waals surface area contributed by atoms with Gasteiger partial charge in [0.2, 0.25) is 0 Å². The lowest BCUT2D eigenvalue weighted by atomic mass is 10.1. The van der Waals surface area contributed by atoms with Crippen LogP contribution in [0, 0.1) is 0 Å². The lowest BCUT2D eigenvalue weighted by molar-refractivity contribution is 0.102. The smallest absolute Gasteiger partial charge is 0.169 e. The number of hydrogen-bond acceptors (Lipinski definition) is 2. The van der Waals surface area contributed by atoms with Crippen molar-refractivity contribution in [1.29, 1.82) is 0 Å². The largest absolute Gasteiger partial charge is 0.294 e. The Balaban J connectivity index is 2.15. The maximum absolute atomic E-state index is 11.1. The summed E-state index contributed by atoms with van der Waals surface area (Å²) >= 11 is 1.53. The van der Waals surface area contributed by atoms with E-state index in [1.165, 1.54) is 22.5 Å². The number of Topliss-reactive ketones (excluding diaryl/α,β-unsaturated/α-hetero) is 1. The fourth-order valence-electron chi connectivity index (χ4n) is 1.48. The summed E-state index contributed by atoms with van der Waals surface area (Å²) in [5.74, 6) is 0.152. The lowest BCUT2D eigenvalue weighted by Crippen LogP contribution is -1.87. The minimum Gasteiger partial charge on any atom is -0.294 e.